The van der Waals surface area contributed by atoms with E-state index in [-0.39, 0.29) is 24.0 Å². The highest BCUT2D eigenvalue weighted by atomic mass is 127. The molecule has 1 aliphatic carbocycles. The smallest absolute Gasteiger partial charge is 0.00757 e. The first-order valence-corrected chi connectivity index (χ1v) is 6.59. The average molecular weight is 364 g/mol. The summed E-state index contributed by atoms with van der Waals surface area (Å²) in [5.74, 6) is 0. The molecule has 0 N–H and O–H groups in total. The molecule has 0 spiro atoms. The van der Waals surface area contributed by atoms with E-state index in [9.17, 15) is 0 Å². The Kier molecular flexibility index (Phi) is 5.80. The topological polar surface area (TPSA) is 0 Å². The number of halogens is 1. The Hall–Kier alpha value is -1.09. The van der Waals surface area contributed by atoms with E-state index >= 15 is 0 Å². The summed E-state index contributed by atoms with van der Waals surface area (Å²) < 4.78 is 0. The molecule has 2 aromatic carbocycles. The third-order valence-electron chi connectivity index (χ3n) is 3.15. The third kappa shape index (κ3) is 2.92. The lowest BCUT2D eigenvalue weighted by molar-refractivity contribution is 1.09. The van der Waals surface area contributed by atoms with E-state index < -0.39 is 0 Å². The molecule has 0 nitrogen and oxygen atoms in total. The quantitative estimate of drug-likeness (QED) is 0.611. The predicted octanol–water partition coefficient (Wildman–Crippen LogP) is 4.33. The van der Waals surface area contributed by atoms with Crippen molar-refractivity contribution in [3.05, 3.63) is 58.5 Å². The van der Waals surface area contributed by atoms with E-state index in [4.69, 9.17) is 0 Å². The van der Waals surface area contributed by atoms with Gasteiger partial charge in [0.05, 0.1) is 0 Å². The predicted molar refractivity (Wildman–Crippen MR) is 96.2 cm³/mol. The summed E-state index contributed by atoms with van der Waals surface area (Å²) in [5.41, 5.74) is 5.38. The van der Waals surface area contributed by atoms with Crippen molar-refractivity contribution in [3.63, 3.8) is 0 Å². The van der Waals surface area contributed by atoms with Gasteiger partial charge in [0.25, 0.3) is 0 Å². The number of hydrogen-bond donors (Lipinski definition) is 0. The first-order valence-electron chi connectivity index (χ1n) is 6.59. The van der Waals surface area contributed by atoms with Crippen LogP contribution in [0.3, 0.4) is 0 Å². The first kappa shape index (κ1) is 16.0. The Labute approximate surface area is 132 Å². The van der Waals surface area contributed by atoms with Gasteiger partial charge in [0.1, 0.15) is 0 Å². The van der Waals surface area contributed by atoms with Gasteiger partial charge in [-0.05, 0) is 39.6 Å². The van der Waals surface area contributed by atoms with Gasteiger partial charge in [-0.3, -0.25) is 0 Å². The lowest BCUT2D eigenvalue weighted by Gasteiger charge is -2.00. The number of hydrogen-bond acceptors (Lipinski definition) is 0. The van der Waals surface area contributed by atoms with Crippen LogP contribution in [0.1, 0.15) is 32.8 Å². The average Bonchev–Trinajstić information content (AvgIpc) is 2.66. The molecule has 0 radical (unpaired) electrons. The highest BCUT2D eigenvalue weighted by Crippen LogP contribution is 2.29. The molecule has 19 heavy (non-hydrogen) atoms. The molecule has 0 aromatic heterocycles. The SMILES string of the molecule is C=c1cccc2c1=C(C)c1ccccc1-2.CCC.I. The van der Waals surface area contributed by atoms with Crippen LogP contribution in [-0.4, -0.2) is 0 Å². The van der Waals surface area contributed by atoms with Crippen LogP contribution in [0.25, 0.3) is 23.3 Å². The van der Waals surface area contributed by atoms with Gasteiger partial charge in [0.15, 0.2) is 0 Å². The van der Waals surface area contributed by atoms with Crippen molar-refractivity contribution in [3.8, 4) is 11.1 Å². The zero-order valence-corrected chi connectivity index (χ0v) is 14.2. The van der Waals surface area contributed by atoms with E-state index in [0.717, 1.165) is 5.22 Å². The molecule has 0 fully saturated rings. The molecule has 1 heteroatoms. The van der Waals surface area contributed by atoms with Crippen LogP contribution in [0.5, 0.6) is 0 Å². The van der Waals surface area contributed by atoms with Gasteiger partial charge < -0.3 is 0 Å². The van der Waals surface area contributed by atoms with Crippen molar-refractivity contribution in [2.75, 3.05) is 0 Å². The number of rotatable bonds is 0. The second-order valence-electron chi connectivity index (χ2n) is 4.72. The molecule has 0 atom stereocenters. The summed E-state index contributed by atoms with van der Waals surface area (Å²) in [7, 11) is 0. The van der Waals surface area contributed by atoms with Crippen molar-refractivity contribution >= 4 is 36.1 Å². The Balaban J connectivity index is 0.000000416. The van der Waals surface area contributed by atoms with Crippen molar-refractivity contribution in [1.82, 2.24) is 0 Å². The summed E-state index contributed by atoms with van der Waals surface area (Å²) in [6.45, 7) is 10.5. The summed E-state index contributed by atoms with van der Waals surface area (Å²) >= 11 is 0. The fourth-order valence-electron chi connectivity index (χ4n) is 2.45. The summed E-state index contributed by atoms with van der Waals surface area (Å²) in [4.78, 5) is 0. The molecule has 0 unspecified atom stereocenters. The molecule has 0 heterocycles. The fraction of sp³-hybridized carbons (Fsp3) is 0.222. The monoisotopic (exact) mass is 364 g/mol. The van der Waals surface area contributed by atoms with E-state index in [0.29, 0.717) is 0 Å². The highest BCUT2D eigenvalue weighted by molar-refractivity contribution is 14.0. The minimum Gasteiger partial charge on any atom is -0.107 e. The van der Waals surface area contributed by atoms with Gasteiger partial charge in [-0.15, -0.1) is 24.0 Å². The van der Waals surface area contributed by atoms with E-state index in [2.05, 4.69) is 69.8 Å². The van der Waals surface area contributed by atoms with Gasteiger partial charge in [-0.25, -0.2) is 0 Å². The Morgan fingerprint density at radius 3 is 2.00 bits per heavy atom. The molecule has 0 saturated carbocycles. The lowest BCUT2D eigenvalue weighted by Crippen LogP contribution is -2.24. The van der Waals surface area contributed by atoms with Crippen molar-refractivity contribution in [1.29, 1.82) is 0 Å². The number of fused-ring (bicyclic) bond motifs is 3. The van der Waals surface area contributed by atoms with Crippen molar-refractivity contribution in [2.45, 2.75) is 27.2 Å². The Morgan fingerprint density at radius 2 is 1.37 bits per heavy atom. The second-order valence-corrected chi connectivity index (χ2v) is 4.72. The van der Waals surface area contributed by atoms with Crippen LogP contribution >= 0.6 is 24.0 Å². The molecular formula is C18H21I. The Morgan fingerprint density at radius 1 is 0.842 bits per heavy atom. The van der Waals surface area contributed by atoms with Crippen LogP contribution in [0.4, 0.5) is 0 Å². The molecule has 2 aromatic rings. The van der Waals surface area contributed by atoms with Gasteiger partial charge in [-0.1, -0.05) is 69.3 Å². The molecule has 0 saturated heterocycles. The maximum atomic E-state index is 4.10. The maximum Gasteiger partial charge on any atom is -0.00757 e. The third-order valence-corrected chi connectivity index (χ3v) is 3.15. The zero-order valence-electron chi connectivity index (χ0n) is 11.9. The van der Waals surface area contributed by atoms with E-state index in [1.807, 2.05) is 0 Å². The molecule has 100 valence electrons. The Bertz CT molecular complexity index is 668. The van der Waals surface area contributed by atoms with Crippen LogP contribution in [0.2, 0.25) is 0 Å². The first-order chi connectivity index (χ1) is 8.70. The molecule has 3 rings (SSSR count). The van der Waals surface area contributed by atoms with Gasteiger partial charge >= 0.3 is 0 Å². The maximum absolute atomic E-state index is 4.10. The van der Waals surface area contributed by atoms with Crippen molar-refractivity contribution < 1.29 is 0 Å². The summed E-state index contributed by atoms with van der Waals surface area (Å²) in [6.07, 6.45) is 1.25. The van der Waals surface area contributed by atoms with Crippen LogP contribution in [-0.2, 0) is 0 Å². The van der Waals surface area contributed by atoms with Gasteiger partial charge in [-0.2, -0.15) is 0 Å². The van der Waals surface area contributed by atoms with E-state index in [1.165, 1.54) is 33.9 Å². The van der Waals surface area contributed by atoms with Crippen LogP contribution in [0, 0.1) is 0 Å². The molecule has 0 amide bonds. The standard InChI is InChI=1S/C15H12.C3H8.HI/c1-10-6-5-9-14-13-8-4-3-7-12(13)11(2)15(10)14;1-3-2;/h3-9H,1H2,2H3;3H2,1-2H3;1H. The summed E-state index contributed by atoms with van der Waals surface area (Å²) in [6, 6.07) is 14.9. The highest BCUT2D eigenvalue weighted by Gasteiger charge is 2.15. The molecule has 0 aliphatic heterocycles. The molecular weight excluding hydrogens is 343 g/mol. The second kappa shape index (κ2) is 6.90. The largest absolute Gasteiger partial charge is 0.107 e. The lowest BCUT2D eigenvalue weighted by atomic mass is 10.0. The van der Waals surface area contributed by atoms with Crippen LogP contribution < -0.4 is 10.4 Å². The molecule has 1 aliphatic rings. The minimum atomic E-state index is 0. The zero-order chi connectivity index (χ0) is 13.1. The fourth-order valence-corrected chi connectivity index (χ4v) is 2.45. The van der Waals surface area contributed by atoms with Gasteiger partial charge in [0.2, 0.25) is 0 Å². The summed E-state index contributed by atoms with van der Waals surface area (Å²) in [5, 5.41) is 2.44. The van der Waals surface area contributed by atoms with E-state index in [1.54, 1.807) is 0 Å². The van der Waals surface area contributed by atoms with Gasteiger partial charge in [0, 0.05) is 0 Å². The molecule has 0 bridgehead atoms. The number of benzene rings is 2. The van der Waals surface area contributed by atoms with Crippen molar-refractivity contribution in [2.24, 2.45) is 0 Å². The minimum absolute atomic E-state index is 0. The normalized spacial score (nSPS) is 10.8. The van der Waals surface area contributed by atoms with Crippen LogP contribution in [0.15, 0.2) is 42.5 Å².